The molecule has 0 radical (unpaired) electrons. The molecule has 0 bridgehead atoms. The molecule has 72 valence electrons. The lowest BCUT2D eigenvalue weighted by atomic mass is 9.88. The van der Waals surface area contributed by atoms with E-state index >= 15 is 0 Å². The molecule has 2 atom stereocenters. The summed E-state index contributed by atoms with van der Waals surface area (Å²) in [6, 6.07) is 0. The van der Waals surface area contributed by atoms with Crippen molar-refractivity contribution in [2.24, 2.45) is 17.6 Å². The lowest BCUT2D eigenvalue weighted by Gasteiger charge is -2.19. The van der Waals surface area contributed by atoms with E-state index in [4.69, 9.17) is 10.8 Å². The third kappa shape index (κ3) is 4.34. The van der Waals surface area contributed by atoms with E-state index < -0.39 is 5.97 Å². The molecule has 0 aliphatic rings. The van der Waals surface area contributed by atoms with Crippen LogP contribution in [0.2, 0.25) is 0 Å². The Hall–Kier alpha value is -0.570. The Morgan fingerprint density at radius 2 is 2.17 bits per heavy atom. The number of nitrogens with two attached hydrogens (primary N) is 1. The van der Waals surface area contributed by atoms with Gasteiger partial charge in [0.15, 0.2) is 0 Å². The van der Waals surface area contributed by atoms with Crippen molar-refractivity contribution in [2.75, 3.05) is 6.54 Å². The maximum atomic E-state index is 10.4. The van der Waals surface area contributed by atoms with E-state index in [9.17, 15) is 4.79 Å². The second-order valence-electron chi connectivity index (χ2n) is 3.36. The molecule has 0 fully saturated rings. The number of rotatable bonds is 6. The van der Waals surface area contributed by atoms with E-state index in [0.29, 0.717) is 12.5 Å². The van der Waals surface area contributed by atoms with Gasteiger partial charge < -0.3 is 10.8 Å². The van der Waals surface area contributed by atoms with Gasteiger partial charge in [0, 0.05) is 6.42 Å². The van der Waals surface area contributed by atoms with Gasteiger partial charge in [0.25, 0.3) is 0 Å². The first-order valence-electron chi connectivity index (χ1n) is 4.53. The summed E-state index contributed by atoms with van der Waals surface area (Å²) in [5.41, 5.74) is 5.54. The van der Waals surface area contributed by atoms with Crippen molar-refractivity contribution in [1.29, 1.82) is 0 Å². The molecule has 3 heteroatoms. The summed E-state index contributed by atoms with van der Waals surface area (Å²) >= 11 is 0. The minimum Gasteiger partial charge on any atom is -0.481 e. The highest BCUT2D eigenvalue weighted by Gasteiger charge is 2.17. The van der Waals surface area contributed by atoms with Crippen LogP contribution in [0.1, 0.15) is 33.1 Å². The topological polar surface area (TPSA) is 63.3 Å². The predicted molar refractivity (Wildman–Crippen MR) is 48.9 cm³/mol. The predicted octanol–water partition coefficient (Wildman–Crippen LogP) is 1.47. The van der Waals surface area contributed by atoms with Crippen LogP contribution in [0.15, 0.2) is 0 Å². The first-order chi connectivity index (χ1) is 5.61. The van der Waals surface area contributed by atoms with E-state index in [1.807, 2.05) is 6.92 Å². The zero-order valence-electron chi connectivity index (χ0n) is 7.92. The number of hydrogen-bond acceptors (Lipinski definition) is 2. The molecule has 3 nitrogen and oxygen atoms in total. The van der Waals surface area contributed by atoms with Crippen LogP contribution in [0.4, 0.5) is 0 Å². The SMILES string of the molecule is CCCC(CN)C(C)CC(=O)O. The van der Waals surface area contributed by atoms with Crippen LogP contribution in [0.3, 0.4) is 0 Å². The number of carboxylic acid groups (broad SMARTS) is 1. The van der Waals surface area contributed by atoms with E-state index in [2.05, 4.69) is 6.92 Å². The summed E-state index contributed by atoms with van der Waals surface area (Å²) in [7, 11) is 0. The van der Waals surface area contributed by atoms with E-state index in [0.717, 1.165) is 12.8 Å². The van der Waals surface area contributed by atoms with Gasteiger partial charge in [-0.3, -0.25) is 4.79 Å². The van der Waals surface area contributed by atoms with Crippen molar-refractivity contribution in [1.82, 2.24) is 0 Å². The van der Waals surface area contributed by atoms with Crippen LogP contribution >= 0.6 is 0 Å². The van der Waals surface area contributed by atoms with Crippen LogP contribution in [-0.2, 0) is 4.79 Å². The molecule has 2 unspecified atom stereocenters. The second kappa shape index (κ2) is 6.00. The molecule has 0 rings (SSSR count). The fourth-order valence-corrected chi connectivity index (χ4v) is 1.45. The van der Waals surface area contributed by atoms with Gasteiger partial charge in [0.05, 0.1) is 0 Å². The standard InChI is InChI=1S/C9H19NO2/c1-3-4-8(6-10)7(2)5-9(11)12/h7-8H,3-6,10H2,1-2H3,(H,11,12). The summed E-state index contributed by atoms with van der Waals surface area (Å²) in [4.78, 5) is 10.4. The van der Waals surface area contributed by atoms with Crippen molar-refractivity contribution in [3.63, 3.8) is 0 Å². The van der Waals surface area contributed by atoms with Gasteiger partial charge >= 0.3 is 5.97 Å². The first kappa shape index (κ1) is 11.4. The van der Waals surface area contributed by atoms with Crippen LogP contribution < -0.4 is 5.73 Å². The summed E-state index contributed by atoms with van der Waals surface area (Å²) in [6.45, 7) is 4.65. The largest absolute Gasteiger partial charge is 0.481 e. The molecule has 0 aromatic rings. The maximum Gasteiger partial charge on any atom is 0.303 e. The van der Waals surface area contributed by atoms with Gasteiger partial charge in [-0.05, 0) is 24.8 Å². The monoisotopic (exact) mass is 173 g/mol. The summed E-state index contributed by atoms with van der Waals surface area (Å²) in [5.74, 6) is -0.157. The summed E-state index contributed by atoms with van der Waals surface area (Å²) in [6.07, 6.45) is 2.35. The normalized spacial score (nSPS) is 15.6. The second-order valence-corrected chi connectivity index (χ2v) is 3.36. The van der Waals surface area contributed by atoms with Gasteiger partial charge in [-0.25, -0.2) is 0 Å². The Morgan fingerprint density at radius 1 is 1.58 bits per heavy atom. The van der Waals surface area contributed by atoms with Gasteiger partial charge in [-0.15, -0.1) is 0 Å². The third-order valence-electron chi connectivity index (χ3n) is 2.26. The Bertz CT molecular complexity index is 136. The van der Waals surface area contributed by atoms with E-state index in [1.165, 1.54) is 0 Å². The smallest absolute Gasteiger partial charge is 0.303 e. The lowest BCUT2D eigenvalue weighted by Crippen LogP contribution is -2.23. The maximum absolute atomic E-state index is 10.4. The molecule has 0 aromatic carbocycles. The van der Waals surface area contributed by atoms with Crippen LogP contribution in [0, 0.1) is 11.8 Å². The fraction of sp³-hybridized carbons (Fsp3) is 0.889. The fourth-order valence-electron chi connectivity index (χ4n) is 1.45. The Morgan fingerprint density at radius 3 is 2.50 bits per heavy atom. The molecule has 0 aliphatic carbocycles. The Kier molecular flexibility index (Phi) is 5.72. The van der Waals surface area contributed by atoms with Crippen molar-refractivity contribution < 1.29 is 9.90 Å². The van der Waals surface area contributed by atoms with Crippen molar-refractivity contribution in [3.8, 4) is 0 Å². The summed E-state index contributed by atoms with van der Waals surface area (Å²) < 4.78 is 0. The molecule has 0 amide bonds. The van der Waals surface area contributed by atoms with Gasteiger partial charge in [0.2, 0.25) is 0 Å². The molecular weight excluding hydrogens is 154 g/mol. The van der Waals surface area contributed by atoms with Crippen LogP contribution in [0.5, 0.6) is 0 Å². The molecule has 0 heterocycles. The molecule has 0 spiro atoms. The highest BCUT2D eigenvalue weighted by molar-refractivity contribution is 5.66. The zero-order valence-corrected chi connectivity index (χ0v) is 7.92. The zero-order chi connectivity index (χ0) is 9.56. The highest BCUT2D eigenvalue weighted by atomic mass is 16.4. The molecule has 0 saturated heterocycles. The van der Waals surface area contributed by atoms with Crippen molar-refractivity contribution in [2.45, 2.75) is 33.1 Å². The third-order valence-corrected chi connectivity index (χ3v) is 2.26. The molecule has 12 heavy (non-hydrogen) atoms. The average molecular weight is 173 g/mol. The van der Waals surface area contributed by atoms with Gasteiger partial charge in [0.1, 0.15) is 0 Å². The molecule has 0 saturated carbocycles. The van der Waals surface area contributed by atoms with E-state index in [-0.39, 0.29) is 12.3 Å². The Balaban J connectivity index is 3.84. The van der Waals surface area contributed by atoms with Crippen molar-refractivity contribution >= 4 is 5.97 Å². The number of carbonyl (C=O) groups is 1. The highest BCUT2D eigenvalue weighted by Crippen LogP contribution is 2.19. The Labute approximate surface area is 74.0 Å². The molecule has 0 aromatic heterocycles. The minimum absolute atomic E-state index is 0.201. The number of aliphatic carboxylic acids is 1. The van der Waals surface area contributed by atoms with Gasteiger partial charge in [-0.1, -0.05) is 20.3 Å². The van der Waals surface area contributed by atoms with Crippen LogP contribution in [0.25, 0.3) is 0 Å². The average Bonchev–Trinajstić information content (AvgIpc) is 1.98. The summed E-state index contributed by atoms with van der Waals surface area (Å²) in [5, 5.41) is 8.56. The van der Waals surface area contributed by atoms with Crippen molar-refractivity contribution in [3.05, 3.63) is 0 Å². The van der Waals surface area contributed by atoms with E-state index in [1.54, 1.807) is 0 Å². The first-order valence-corrected chi connectivity index (χ1v) is 4.53. The number of carboxylic acids is 1. The number of hydrogen-bond donors (Lipinski definition) is 2. The minimum atomic E-state index is -0.725. The molecular formula is C9H19NO2. The van der Waals surface area contributed by atoms with Crippen LogP contribution in [-0.4, -0.2) is 17.6 Å². The quantitative estimate of drug-likeness (QED) is 0.639. The molecule has 3 N–H and O–H groups in total. The molecule has 0 aliphatic heterocycles. The van der Waals surface area contributed by atoms with Gasteiger partial charge in [-0.2, -0.15) is 0 Å². The lowest BCUT2D eigenvalue weighted by molar-refractivity contribution is -0.138.